The van der Waals surface area contributed by atoms with Crippen molar-refractivity contribution in [1.29, 1.82) is 0 Å². The third-order valence-electron chi connectivity index (χ3n) is 6.02. The van der Waals surface area contributed by atoms with Gasteiger partial charge in [-0.2, -0.15) is 0 Å². The van der Waals surface area contributed by atoms with E-state index in [4.69, 9.17) is 16.3 Å². The fraction of sp³-hybridized carbons (Fsp3) is 0.259. The fourth-order valence-corrected chi connectivity index (χ4v) is 5.18. The van der Waals surface area contributed by atoms with Crippen LogP contribution < -0.4 is 4.90 Å². The third-order valence-corrected chi connectivity index (χ3v) is 7.41. The molecule has 1 saturated heterocycles. The average molecular weight is 525 g/mol. The number of aliphatic hydroxyl groups excluding tert-OH is 1. The first-order valence-electron chi connectivity index (χ1n) is 11.2. The molecule has 36 heavy (non-hydrogen) atoms. The van der Waals surface area contributed by atoms with Crippen LogP contribution in [0.4, 0.5) is 5.13 Å². The quantitative estimate of drug-likeness (QED) is 0.200. The smallest absolute Gasteiger partial charge is 0.350 e. The van der Waals surface area contributed by atoms with E-state index in [0.29, 0.717) is 21.8 Å². The summed E-state index contributed by atoms with van der Waals surface area (Å²) >= 11 is 6.95. The molecular formula is C27H25ClN2O5S. The molecule has 1 amide bonds. The number of rotatable bonds is 4. The van der Waals surface area contributed by atoms with Crippen molar-refractivity contribution in [2.24, 2.45) is 0 Å². The Morgan fingerprint density at radius 2 is 1.69 bits per heavy atom. The number of Topliss-reactive ketones (excluding diaryl/α,β-unsaturated/α-hetero) is 1. The highest BCUT2D eigenvalue weighted by Gasteiger charge is 2.48. The number of ketones is 1. The van der Waals surface area contributed by atoms with Crippen LogP contribution in [-0.4, -0.2) is 34.9 Å². The zero-order valence-electron chi connectivity index (χ0n) is 20.5. The first kappa shape index (κ1) is 25.6. The second kappa shape index (κ2) is 9.52. The van der Waals surface area contributed by atoms with Crippen LogP contribution in [0.15, 0.2) is 54.1 Å². The van der Waals surface area contributed by atoms with Gasteiger partial charge < -0.3 is 9.84 Å². The Morgan fingerprint density at radius 1 is 1.08 bits per heavy atom. The molecule has 0 unspecified atom stereocenters. The number of aromatic nitrogens is 1. The Balaban J connectivity index is 1.93. The SMILES string of the molecule is COC(=O)c1sc(N2C(=O)C(=O)/C(=C(/O)c3ccc(Cl)cc3)[C@H]2c2ccc(C(C)(C)C)cc2)nc1C. The molecule has 1 aromatic heterocycles. The van der Waals surface area contributed by atoms with Crippen molar-refractivity contribution in [2.45, 2.75) is 39.2 Å². The summed E-state index contributed by atoms with van der Waals surface area (Å²) in [5.74, 6) is -2.60. The van der Waals surface area contributed by atoms with E-state index in [2.05, 4.69) is 25.8 Å². The lowest BCUT2D eigenvalue weighted by atomic mass is 9.85. The van der Waals surface area contributed by atoms with Crippen LogP contribution in [-0.2, 0) is 19.7 Å². The van der Waals surface area contributed by atoms with Gasteiger partial charge >= 0.3 is 11.9 Å². The van der Waals surface area contributed by atoms with E-state index in [9.17, 15) is 19.5 Å². The number of ether oxygens (including phenoxy) is 1. The van der Waals surface area contributed by atoms with Gasteiger partial charge in [-0.1, -0.05) is 68.0 Å². The number of methoxy groups -OCH3 is 1. The number of hydrogen-bond acceptors (Lipinski definition) is 7. The number of hydrogen-bond donors (Lipinski definition) is 1. The molecule has 9 heteroatoms. The molecular weight excluding hydrogens is 500 g/mol. The highest BCUT2D eigenvalue weighted by atomic mass is 35.5. The van der Waals surface area contributed by atoms with E-state index in [1.54, 1.807) is 31.2 Å². The molecule has 1 aliphatic heterocycles. The summed E-state index contributed by atoms with van der Waals surface area (Å²) < 4.78 is 4.83. The van der Waals surface area contributed by atoms with Gasteiger partial charge in [-0.3, -0.25) is 14.5 Å². The monoisotopic (exact) mass is 524 g/mol. The van der Waals surface area contributed by atoms with Gasteiger partial charge in [0.15, 0.2) is 5.13 Å². The maximum atomic E-state index is 13.3. The van der Waals surface area contributed by atoms with Gasteiger partial charge in [0, 0.05) is 10.6 Å². The van der Waals surface area contributed by atoms with Crippen LogP contribution in [0.5, 0.6) is 0 Å². The number of halogens is 1. The molecule has 2 heterocycles. The molecule has 1 atom stereocenters. The minimum atomic E-state index is -0.953. The van der Waals surface area contributed by atoms with Gasteiger partial charge in [0.25, 0.3) is 5.78 Å². The molecule has 1 N–H and O–H groups in total. The molecule has 3 aromatic rings. The lowest BCUT2D eigenvalue weighted by Crippen LogP contribution is -2.29. The molecule has 4 rings (SSSR count). The van der Waals surface area contributed by atoms with Gasteiger partial charge in [-0.15, -0.1) is 0 Å². The maximum absolute atomic E-state index is 13.3. The second-order valence-electron chi connectivity index (χ2n) is 9.45. The van der Waals surface area contributed by atoms with Crippen LogP contribution in [0, 0.1) is 6.92 Å². The number of benzene rings is 2. The number of anilines is 1. The van der Waals surface area contributed by atoms with Gasteiger partial charge in [-0.25, -0.2) is 9.78 Å². The molecule has 7 nitrogen and oxygen atoms in total. The van der Waals surface area contributed by atoms with E-state index in [1.165, 1.54) is 12.0 Å². The summed E-state index contributed by atoms with van der Waals surface area (Å²) in [6.07, 6.45) is 0. The molecule has 0 bridgehead atoms. The largest absolute Gasteiger partial charge is 0.507 e. The van der Waals surface area contributed by atoms with Crippen molar-refractivity contribution in [3.05, 3.63) is 86.4 Å². The van der Waals surface area contributed by atoms with Crippen molar-refractivity contribution in [3.8, 4) is 0 Å². The number of aryl methyl sites for hydroxylation is 1. The highest BCUT2D eigenvalue weighted by molar-refractivity contribution is 7.17. The number of aliphatic hydroxyl groups is 1. The van der Waals surface area contributed by atoms with E-state index in [0.717, 1.165) is 16.9 Å². The standard InChI is InChI=1S/C27H25ClN2O5S/c1-14-23(25(34)35-5)36-26(29-14)30-20(15-6-10-17(11-7-15)27(2,3)4)19(22(32)24(30)33)21(31)16-8-12-18(28)13-9-16/h6-13,20,31H,1-5H3/b21-19+/t20-/m1/s1. The van der Waals surface area contributed by atoms with Gasteiger partial charge in [0.1, 0.15) is 10.6 Å². The zero-order chi connectivity index (χ0) is 26.4. The van der Waals surface area contributed by atoms with Crippen molar-refractivity contribution in [1.82, 2.24) is 4.98 Å². The van der Waals surface area contributed by atoms with E-state index < -0.39 is 23.7 Å². The Kier molecular flexibility index (Phi) is 6.77. The van der Waals surface area contributed by atoms with E-state index >= 15 is 0 Å². The maximum Gasteiger partial charge on any atom is 0.350 e. The van der Waals surface area contributed by atoms with Crippen LogP contribution in [0.25, 0.3) is 5.76 Å². The summed E-state index contributed by atoms with van der Waals surface area (Å²) in [7, 11) is 1.26. The zero-order valence-corrected chi connectivity index (χ0v) is 22.0. The Bertz CT molecular complexity index is 1390. The predicted molar refractivity (Wildman–Crippen MR) is 140 cm³/mol. The Hall–Kier alpha value is -3.49. The van der Waals surface area contributed by atoms with E-state index in [1.807, 2.05) is 24.3 Å². The van der Waals surface area contributed by atoms with Crippen molar-refractivity contribution in [2.75, 3.05) is 12.0 Å². The molecule has 1 fully saturated rings. The summed E-state index contributed by atoms with van der Waals surface area (Å²) in [5, 5.41) is 11.8. The van der Waals surface area contributed by atoms with E-state index in [-0.39, 0.29) is 26.8 Å². The van der Waals surface area contributed by atoms with Crippen LogP contribution in [0.3, 0.4) is 0 Å². The lowest BCUT2D eigenvalue weighted by Gasteiger charge is -2.24. The van der Waals surface area contributed by atoms with Crippen molar-refractivity contribution < 1.29 is 24.2 Å². The van der Waals surface area contributed by atoms with Crippen LogP contribution in [0.1, 0.15) is 58.9 Å². The number of amides is 1. The van der Waals surface area contributed by atoms with Crippen molar-refractivity contribution >= 4 is 51.5 Å². The van der Waals surface area contributed by atoms with Crippen LogP contribution in [0.2, 0.25) is 5.02 Å². The first-order chi connectivity index (χ1) is 16.9. The average Bonchev–Trinajstić information content (AvgIpc) is 3.35. The van der Waals surface area contributed by atoms with Gasteiger partial charge in [-0.05, 0) is 47.7 Å². The molecule has 186 valence electrons. The molecule has 0 saturated carbocycles. The summed E-state index contributed by atoms with van der Waals surface area (Å²) in [6, 6.07) is 12.9. The Labute approximate surface area is 218 Å². The molecule has 0 aliphatic carbocycles. The number of nitrogens with zero attached hydrogens (tertiary/aromatic N) is 2. The molecule has 0 radical (unpaired) electrons. The van der Waals surface area contributed by atoms with Crippen molar-refractivity contribution in [3.63, 3.8) is 0 Å². The summed E-state index contributed by atoms with van der Waals surface area (Å²) in [6.45, 7) is 7.88. The number of carbonyl (C=O) groups excluding carboxylic acids is 3. The van der Waals surface area contributed by atoms with Crippen LogP contribution >= 0.6 is 22.9 Å². The number of thiazole rings is 1. The third kappa shape index (κ3) is 4.54. The number of carbonyl (C=O) groups is 3. The molecule has 2 aromatic carbocycles. The Morgan fingerprint density at radius 3 is 2.25 bits per heavy atom. The van der Waals surface area contributed by atoms with Gasteiger partial charge in [0.2, 0.25) is 0 Å². The second-order valence-corrected chi connectivity index (χ2v) is 10.9. The minimum absolute atomic E-state index is 0.0710. The topological polar surface area (TPSA) is 96.8 Å². The summed E-state index contributed by atoms with van der Waals surface area (Å²) in [5.41, 5.74) is 2.23. The van der Waals surface area contributed by atoms with Gasteiger partial charge in [0.05, 0.1) is 24.4 Å². The lowest BCUT2D eigenvalue weighted by molar-refractivity contribution is -0.132. The number of esters is 1. The molecule has 0 spiro atoms. The first-order valence-corrected chi connectivity index (χ1v) is 12.4. The molecule has 1 aliphatic rings. The highest BCUT2D eigenvalue weighted by Crippen LogP contribution is 2.44. The normalized spacial score (nSPS) is 17.5. The fourth-order valence-electron chi connectivity index (χ4n) is 4.04. The minimum Gasteiger partial charge on any atom is -0.507 e. The summed E-state index contributed by atoms with van der Waals surface area (Å²) in [4.78, 5) is 44.7. The predicted octanol–water partition coefficient (Wildman–Crippen LogP) is 5.82.